The smallest absolute Gasteiger partial charge is 0.149 e. The van der Waals surface area contributed by atoms with Gasteiger partial charge in [-0.15, -0.1) is 11.3 Å². The Morgan fingerprint density at radius 1 is 1.40 bits per heavy atom. The highest BCUT2D eigenvalue weighted by Crippen LogP contribution is 2.11. The number of aromatic nitrogens is 3. The van der Waals surface area contributed by atoms with Crippen molar-refractivity contribution in [2.45, 2.75) is 13.5 Å². The lowest BCUT2D eigenvalue weighted by Crippen LogP contribution is -2.02. The summed E-state index contributed by atoms with van der Waals surface area (Å²) in [5.41, 5.74) is 0.999. The molecule has 4 nitrogen and oxygen atoms in total. The summed E-state index contributed by atoms with van der Waals surface area (Å²) in [6.45, 7) is 2.62. The Labute approximate surface area is 96.4 Å². The van der Waals surface area contributed by atoms with Gasteiger partial charge in [-0.2, -0.15) is 0 Å². The van der Waals surface area contributed by atoms with Crippen LogP contribution in [0.2, 0.25) is 5.15 Å². The van der Waals surface area contributed by atoms with Gasteiger partial charge in [0.1, 0.15) is 11.0 Å². The van der Waals surface area contributed by atoms with Crippen LogP contribution in [-0.2, 0) is 6.54 Å². The molecule has 0 amide bonds. The zero-order valence-electron chi connectivity index (χ0n) is 8.07. The van der Waals surface area contributed by atoms with Gasteiger partial charge in [-0.25, -0.2) is 9.97 Å². The lowest BCUT2D eigenvalue weighted by molar-refractivity contribution is 1.03. The zero-order valence-corrected chi connectivity index (χ0v) is 9.64. The molecule has 0 aliphatic rings. The maximum atomic E-state index is 5.70. The quantitative estimate of drug-likeness (QED) is 0.896. The van der Waals surface area contributed by atoms with Crippen LogP contribution in [0.1, 0.15) is 10.7 Å². The Morgan fingerprint density at radius 3 is 2.93 bits per heavy atom. The molecular weight excluding hydrogens is 232 g/mol. The predicted octanol–water partition coefficient (Wildman–Crippen LogP) is 2.51. The molecule has 15 heavy (non-hydrogen) atoms. The van der Waals surface area contributed by atoms with Crippen molar-refractivity contribution in [1.82, 2.24) is 15.0 Å². The molecule has 0 unspecified atom stereocenters. The minimum absolute atomic E-state index is 0.384. The third-order valence-electron chi connectivity index (χ3n) is 1.72. The van der Waals surface area contributed by atoms with E-state index >= 15 is 0 Å². The first-order valence-corrected chi connectivity index (χ1v) is 5.62. The molecule has 6 heteroatoms. The summed E-state index contributed by atoms with van der Waals surface area (Å²) >= 11 is 7.33. The number of halogens is 1. The summed E-state index contributed by atoms with van der Waals surface area (Å²) in [5.74, 6) is 0.660. The van der Waals surface area contributed by atoms with Crippen LogP contribution in [-0.4, -0.2) is 15.0 Å². The first-order valence-electron chi connectivity index (χ1n) is 4.36. The van der Waals surface area contributed by atoms with Gasteiger partial charge < -0.3 is 5.32 Å². The van der Waals surface area contributed by atoms with Crippen LogP contribution in [0.15, 0.2) is 17.8 Å². The minimum Gasteiger partial charge on any atom is -0.363 e. The largest absolute Gasteiger partial charge is 0.363 e. The van der Waals surface area contributed by atoms with E-state index in [4.69, 9.17) is 11.6 Å². The third kappa shape index (κ3) is 2.87. The van der Waals surface area contributed by atoms with Gasteiger partial charge in [-0.3, -0.25) is 4.98 Å². The number of hydrogen-bond donors (Lipinski definition) is 1. The Morgan fingerprint density at radius 2 is 2.27 bits per heavy atom. The van der Waals surface area contributed by atoms with Crippen molar-refractivity contribution >= 4 is 28.8 Å². The summed E-state index contributed by atoms with van der Waals surface area (Å²) in [7, 11) is 0. The Bertz CT molecular complexity index is 457. The molecule has 0 radical (unpaired) electrons. The number of nitrogens with zero attached hydrogens (tertiary/aromatic N) is 3. The summed E-state index contributed by atoms with van der Waals surface area (Å²) in [4.78, 5) is 12.3. The second-order valence-corrected chi connectivity index (χ2v) is 4.39. The molecule has 0 fully saturated rings. The van der Waals surface area contributed by atoms with E-state index in [0.717, 1.165) is 10.7 Å². The number of nitrogens with one attached hydrogen (secondary N) is 1. The average molecular weight is 241 g/mol. The zero-order chi connectivity index (χ0) is 10.7. The van der Waals surface area contributed by atoms with E-state index in [-0.39, 0.29) is 0 Å². The van der Waals surface area contributed by atoms with Crippen molar-refractivity contribution in [2.75, 3.05) is 5.32 Å². The van der Waals surface area contributed by atoms with Crippen molar-refractivity contribution in [3.63, 3.8) is 0 Å². The first kappa shape index (κ1) is 10.3. The highest BCUT2D eigenvalue weighted by Gasteiger charge is 1.99. The molecule has 0 aromatic carbocycles. The van der Waals surface area contributed by atoms with Crippen LogP contribution >= 0.6 is 22.9 Å². The molecule has 0 saturated heterocycles. The van der Waals surface area contributed by atoms with Crippen molar-refractivity contribution in [2.24, 2.45) is 0 Å². The highest BCUT2D eigenvalue weighted by atomic mass is 35.5. The predicted molar refractivity (Wildman–Crippen MR) is 61.2 cm³/mol. The molecule has 0 atom stereocenters. The molecule has 1 N–H and O–H groups in total. The van der Waals surface area contributed by atoms with Crippen LogP contribution in [0.3, 0.4) is 0 Å². The van der Waals surface area contributed by atoms with Crippen LogP contribution in [0.5, 0.6) is 0 Å². The molecule has 0 saturated carbocycles. The Kier molecular flexibility index (Phi) is 3.13. The fraction of sp³-hybridized carbons (Fsp3) is 0.222. The lowest BCUT2D eigenvalue weighted by Gasteiger charge is -2.02. The number of aryl methyl sites for hydroxylation is 1. The molecule has 2 rings (SSSR count). The molecular formula is C9H9ClN4S. The van der Waals surface area contributed by atoms with Gasteiger partial charge in [0.05, 0.1) is 29.6 Å². The van der Waals surface area contributed by atoms with Gasteiger partial charge in [-0.1, -0.05) is 11.6 Å². The fourth-order valence-electron chi connectivity index (χ4n) is 1.10. The normalized spacial score (nSPS) is 10.3. The van der Waals surface area contributed by atoms with Crippen LogP contribution < -0.4 is 5.32 Å². The Balaban J connectivity index is 1.99. The number of hydrogen-bond acceptors (Lipinski definition) is 5. The molecule has 2 aromatic rings. The summed E-state index contributed by atoms with van der Waals surface area (Å²) in [6.07, 6.45) is 3.13. The van der Waals surface area contributed by atoms with Gasteiger partial charge in [0, 0.05) is 5.38 Å². The number of thiazole rings is 1. The molecule has 0 aliphatic carbocycles. The van der Waals surface area contributed by atoms with Gasteiger partial charge in [0.25, 0.3) is 0 Å². The summed E-state index contributed by atoms with van der Waals surface area (Å²) < 4.78 is 0. The van der Waals surface area contributed by atoms with Gasteiger partial charge in [-0.05, 0) is 6.92 Å². The molecule has 78 valence electrons. The fourth-order valence-corrected chi connectivity index (χ4v) is 1.86. The van der Waals surface area contributed by atoms with Crippen LogP contribution in [0.4, 0.5) is 5.82 Å². The van der Waals surface area contributed by atoms with E-state index in [1.54, 1.807) is 17.5 Å². The second-order valence-electron chi connectivity index (χ2n) is 2.94. The standard InChI is InChI=1S/C9H9ClN4S/c1-6-13-7(5-15-6)2-12-9-4-11-3-8(10)14-9/h3-5H,2H2,1H3,(H,12,14). The highest BCUT2D eigenvalue weighted by molar-refractivity contribution is 7.09. The lowest BCUT2D eigenvalue weighted by atomic mass is 10.5. The van der Waals surface area contributed by atoms with Crippen molar-refractivity contribution in [3.8, 4) is 0 Å². The van der Waals surface area contributed by atoms with Crippen molar-refractivity contribution in [3.05, 3.63) is 33.6 Å². The number of anilines is 1. The van der Waals surface area contributed by atoms with Crippen molar-refractivity contribution in [1.29, 1.82) is 0 Å². The maximum absolute atomic E-state index is 5.70. The maximum Gasteiger partial charge on any atom is 0.149 e. The van der Waals surface area contributed by atoms with E-state index in [2.05, 4.69) is 20.3 Å². The molecule has 0 bridgehead atoms. The van der Waals surface area contributed by atoms with Gasteiger partial charge in [0.15, 0.2) is 0 Å². The first-order chi connectivity index (χ1) is 7.24. The SMILES string of the molecule is Cc1nc(CNc2cncc(Cl)n2)cs1. The topological polar surface area (TPSA) is 50.7 Å². The summed E-state index contributed by atoms with van der Waals surface area (Å²) in [5, 5.41) is 6.56. The molecule has 2 aromatic heterocycles. The second kappa shape index (κ2) is 4.55. The average Bonchev–Trinajstić information content (AvgIpc) is 2.62. The molecule has 0 spiro atoms. The summed E-state index contributed by atoms with van der Waals surface area (Å²) in [6, 6.07) is 0. The van der Waals surface area contributed by atoms with Crippen molar-refractivity contribution < 1.29 is 0 Å². The Hall–Kier alpha value is -1.20. The minimum atomic E-state index is 0.384. The van der Waals surface area contributed by atoms with Gasteiger partial charge >= 0.3 is 0 Å². The van der Waals surface area contributed by atoms with E-state index in [9.17, 15) is 0 Å². The monoisotopic (exact) mass is 240 g/mol. The van der Waals surface area contributed by atoms with Gasteiger partial charge in [0.2, 0.25) is 0 Å². The number of rotatable bonds is 3. The van der Waals surface area contributed by atoms with E-state index < -0.39 is 0 Å². The van der Waals surface area contributed by atoms with Crippen LogP contribution in [0.25, 0.3) is 0 Å². The van der Waals surface area contributed by atoms with E-state index in [1.165, 1.54) is 6.20 Å². The van der Waals surface area contributed by atoms with Crippen LogP contribution in [0, 0.1) is 6.92 Å². The molecule has 2 heterocycles. The van der Waals surface area contributed by atoms with E-state index in [1.807, 2.05) is 12.3 Å². The van der Waals surface area contributed by atoms with E-state index in [0.29, 0.717) is 17.5 Å². The third-order valence-corrected chi connectivity index (χ3v) is 2.73. The molecule has 0 aliphatic heterocycles.